The van der Waals surface area contributed by atoms with E-state index in [1.807, 2.05) is 0 Å². The first kappa shape index (κ1) is 8.36. The van der Waals surface area contributed by atoms with Gasteiger partial charge in [-0.25, -0.2) is 0 Å². The van der Waals surface area contributed by atoms with Gasteiger partial charge in [0, 0.05) is 5.92 Å². The van der Waals surface area contributed by atoms with Crippen LogP contribution in [0.4, 0.5) is 0 Å². The summed E-state index contributed by atoms with van der Waals surface area (Å²) in [7, 11) is 0. The van der Waals surface area contributed by atoms with Crippen LogP contribution in [0.1, 0.15) is 19.3 Å². The highest BCUT2D eigenvalue weighted by molar-refractivity contribution is 4.93. The van der Waals surface area contributed by atoms with Crippen LogP contribution >= 0.6 is 0 Å². The van der Waals surface area contributed by atoms with Gasteiger partial charge in [0.25, 0.3) is 0 Å². The lowest BCUT2D eigenvalue weighted by molar-refractivity contribution is 0.137. The Balaban J connectivity index is 2.11. The van der Waals surface area contributed by atoms with Crippen molar-refractivity contribution in [1.29, 1.82) is 0 Å². The molecular weight excluding hydrogens is 136 g/mol. The van der Waals surface area contributed by atoms with Crippen molar-refractivity contribution in [2.24, 2.45) is 5.92 Å². The average Bonchev–Trinajstić information content (AvgIpc) is 2.07. The molecule has 1 aliphatic carbocycles. The van der Waals surface area contributed by atoms with Crippen LogP contribution in [0.15, 0.2) is 12.2 Å². The molecule has 0 spiro atoms. The summed E-state index contributed by atoms with van der Waals surface area (Å²) in [4.78, 5) is 0. The molecule has 0 heterocycles. The molecule has 0 aromatic carbocycles. The Hall–Kier alpha value is -0.740. The van der Waals surface area contributed by atoms with Crippen LogP contribution < -0.4 is 0 Å². The molecule has 0 amide bonds. The lowest BCUT2D eigenvalue weighted by atomic mass is 9.97. The Kier molecular flexibility index (Phi) is 3.79. The highest BCUT2D eigenvalue weighted by atomic mass is 16.5. The molecule has 1 atom stereocenters. The van der Waals surface area contributed by atoms with Gasteiger partial charge in [-0.15, -0.1) is 6.42 Å². The standard InChI is InChI=1S/C10H14O/c1-2-8-11-9-10-6-4-3-5-7-10/h1,4,6,10H,3,5,7-9H2. The number of rotatable bonds is 3. The van der Waals surface area contributed by atoms with Crippen LogP contribution in [0.5, 0.6) is 0 Å². The maximum absolute atomic E-state index is 5.23. The fourth-order valence-corrected chi connectivity index (χ4v) is 1.29. The van der Waals surface area contributed by atoms with Gasteiger partial charge in [0.15, 0.2) is 0 Å². The third-order valence-corrected chi connectivity index (χ3v) is 1.87. The van der Waals surface area contributed by atoms with Crippen molar-refractivity contribution in [2.45, 2.75) is 19.3 Å². The lowest BCUT2D eigenvalue weighted by Gasteiger charge is -2.14. The summed E-state index contributed by atoms with van der Waals surface area (Å²) in [5, 5.41) is 0. The fraction of sp³-hybridized carbons (Fsp3) is 0.600. The molecule has 0 N–H and O–H groups in total. The Morgan fingerprint density at radius 2 is 2.55 bits per heavy atom. The minimum absolute atomic E-state index is 0.449. The van der Waals surface area contributed by atoms with Crippen LogP contribution in [0.25, 0.3) is 0 Å². The minimum Gasteiger partial charge on any atom is -0.368 e. The zero-order valence-electron chi connectivity index (χ0n) is 6.75. The second kappa shape index (κ2) is 4.98. The predicted octanol–water partition coefficient (Wildman–Crippen LogP) is 1.99. The van der Waals surface area contributed by atoms with Crippen molar-refractivity contribution in [3.8, 4) is 12.3 Å². The van der Waals surface area contributed by atoms with Gasteiger partial charge in [-0.3, -0.25) is 0 Å². The zero-order valence-corrected chi connectivity index (χ0v) is 6.75. The molecule has 1 heteroatoms. The van der Waals surface area contributed by atoms with Crippen molar-refractivity contribution in [3.05, 3.63) is 12.2 Å². The van der Waals surface area contributed by atoms with E-state index >= 15 is 0 Å². The summed E-state index contributed by atoms with van der Waals surface area (Å²) in [6.07, 6.45) is 13.3. The number of allylic oxidation sites excluding steroid dienone is 1. The second-order valence-electron chi connectivity index (χ2n) is 2.84. The summed E-state index contributed by atoms with van der Waals surface area (Å²) >= 11 is 0. The van der Waals surface area contributed by atoms with Gasteiger partial charge >= 0.3 is 0 Å². The molecule has 0 aromatic heterocycles. The molecule has 0 saturated heterocycles. The Labute approximate surface area is 68.4 Å². The molecular formula is C10H14O. The minimum atomic E-state index is 0.449. The molecule has 0 radical (unpaired) electrons. The summed E-state index contributed by atoms with van der Waals surface area (Å²) < 4.78 is 5.23. The predicted molar refractivity (Wildman–Crippen MR) is 46.1 cm³/mol. The quantitative estimate of drug-likeness (QED) is 0.339. The van der Waals surface area contributed by atoms with Crippen molar-refractivity contribution in [2.75, 3.05) is 13.2 Å². The van der Waals surface area contributed by atoms with Crippen LogP contribution in [-0.4, -0.2) is 13.2 Å². The van der Waals surface area contributed by atoms with E-state index < -0.39 is 0 Å². The first-order valence-electron chi connectivity index (χ1n) is 4.11. The molecule has 60 valence electrons. The molecule has 0 aromatic rings. The van der Waals surface area contributed by atoms with Gasteiger partial charge in [0.05, 0.1) is 6.61 Å². The zero-order chi connectivity index (χ0) is 7.94. The number of ether oxygens (including phenoxy) is 1. The highest BCUT2D eigenvalue weighted by Gasteiger charge is 2.07. The van der Waals surface area contributed by atoms with E-state index in [-0.39, 0.29) is 0 Å². The third-order valence-electron chi connectivity index (χ3n) is 1.87. The fourth-order valence-electron chi connectivity index (χ4n) is 1.29. The number of hydrogen-bond donors (Lipinski definition) is 0. The van der Waals surface area contributed by atoms with Crippen molar-refractivity contribution in [1.82, 2.24) is 0 Å². The van der Waals surface area contributed by atoms with Crippen molar-refractivity contribution in [3.63, 3.8) is 0 Å². The van der Waals surface area contributed by atoms with E-state index in [0.29, 0.717) is 12.5 Å². The van der Waals surface area contributed by atoms with Gasteiger partial charge in [0.1, 0.15) is 6.61 Å². The first-order chi connectivity index (χ1) is 5.43. The van der Waals surface area contributed by atoms with Crippen molar-refractivity contribution >= 4 is 0 Å². The molecule has 0 aliphatic heterocycles. The maximum Gasteiger partial charge on any atom is 0.107 e. The molecule has 0 saturated carbocycles. The summed E-state index contributed by atoms with van der Waals surface area (Å²) in [5.74, 6) is 3.07. The van der Waals surface area contributed by atoms with E-state index in [1.165, 1.54) is 19.3 Å². The normalized spacial score (nSPS) is 23.0. The first-order valence-corrected chi connectivity index (χ1v) is 4.11. The van der Waals surface area contributed by atoms with E-state index in [2.05, 4.69) is 18.1 Å². The van der Waals surface area contributed by atoms with Gasteiger partial charge in [-0.1, -0.05) is 18.1 Å². The molecule has 1 nitrogen and oxygen atoms in total. The smallest absolute Gasteiger partial charge is 0.107 e. The SMILES string of the molecule is C#CCOCC1C=CCCC1. The number of terminal acetylenes is 1. The lowest BCUT2D eigenvalue weighted by Crippen LogP contribution is -2.09. The van der Waals surface area contributed by atoms with Gasteiger partial charge in [-0.2, -0.15) is 0 Å². The van der Waals surface area contributed by atoms with Crippen molar-refractivity contribution < 1.29 is 4.74 Å². The maximum atomic E-state index is 5.23. The Bertz CT molecular complexity index is 164. The van der Waals surface area contributed by atoms with Gasteiger partial charge in [0.2, 0.25) is 0 Å². The monoisotopic (exact) mass is 150 g/mol. The summed E-state index contributed by atoms with van der Waals surface area (Å²) in [5.41, 5.74) is 0. The van der Waals surface area contributed by atoms with E-state index in [9.17, 15) is 0 Å². The largest absolute Gasteiger partial charge is 0.368 e. The molecule has 0 fully saturated rings. The van der Waals surface area contributed by atoms with Crippen LogP contribution in [-0.2, 0) is 4.74 Å². The van der Waals surface area contributed by atoms with Crippen LogP contribution in [0.3, 0.4) is 0 Å². The van der Waals surface area contributed by atoms with Crippen LogP contribution in [0, 0.1) is 18.3 Å². The van der Waals surface area contributed by atoms with Crippen LogP contribution in [0.2, 0.25) is 0 Å². The Morgan fingerprint density at radius 3 is 3.18 bits per heavy atom. The molecule has 1 unspecified atom stereocenters. The summed E-state index contributed by atoms with van der Waals surface area (Å²) in [6.45, 7) is 1.24. The Morgan fingerprint density at radius 1 is 1.64 bits per heavy atom. The highest BCUT2D eigenvalue weighted by Crippen LogP contribution is 2.16. The average molecular weight is 150 g/mol. The third kappa shape index (κ3) is 3.25. The van der Waals surface area contributed by atoms with E-state index in [4.69, 9.17) is 11.2 Å². The van der Waals surface area contributed by atoms with Gasteiger partial charge in [-0.05, 0) is 19.3 Å². The van der Waals surface area contributed by atoms with E-state index in [0.717, 1.165) is 6.61 Å². The summed E-state index contributed by atoms with van der Waals surface area (Å²) in [6, 6.07) is 0. The van der Waals surface area contributed by atoms with E-state index in [1.54, 1.807) is 0 Å². The molecule has 1 rings (SSSR count). The number of hydrogen-bond acceptors (Lipinski definition) is 1. The molecule has 0 bridgehead atoms. The second-order valence-corrected chi connectivity index (χ2v) is 2.84. The topological polar surface area (TPSA) is 9.23 Å². The molecule has 1 aliphatic rings. The van der Waals surface area contributed by atoms with Gasteiger partial charge < -0.3 is 4.74 Å². The molecule has 11 heavy (non-hydrogen) atoms.